The summed E-state index contributed by atoms with van der Waals surface area (Å²) < 4.78 is 46.0. The number of nitriles is 1. The Bertz CT molecular complexity index is 849. The van der Waals surface area contributed by atoms with E-state index in [2.05, 4.69) is 0 Å². The van der Waals surface area contributed by atoms with E-state index in [1.165, 1.54) is 6.07 Å². The summed E-state index contributed by atoms with van der Waals surface area (Å²) in [4.78, 5) is 16.6. The molecule has 1 aromatic rings. The Morgan fingerprint density at radius 2 is 2.10 bits per heavy atom. The van der Waals surface area contributed by atoms with Gasteiger partial charge in [0.05, 0.1) is 23.8 Å². The van der Waals surface area contributed by atoms with Crippen LogP contribution in [0.2, 0.25) is 0 Å². The number of carbonyl (C=O) groups excluding carboxylic acids is 1. The van der Waals surface area contributed by atoms with Crippen LogP contribution >= 0.6 is 0 Å². The summed E-state index contributed by atoms with van der Waals surface area (Å²) in [5.41, 5.74) is -0.981. The van der Waals surface area contributed by atoms with Crippen LogP contribution < -0.4 is 4.90 Å². The number of rotatable bonds is 6. The van der Waals surface area contributed by atoms with E-state index in [0.29, 0.717) is 51.5 Å². The minimum atomic E-state index is -4.58. The van der Waals surface area contributed by atoms with Gasteiger partial charge in [0.25, 0.3) is 0 Å². The maximum atomic E-state index is 13.4. The summed E-state index contributed by atoms with van der Waals surface area (Å²) in [6, 6.07) is 5.53. The van der Waals surface area contributed by atoms with Crippen molar-refractivity contribution in [3.63, 3.8) is 0 Å². The van der Waals surface area contributed by atoms with Crippen molar-refractivity contribution >= 4 is 11.6 Å². The molecule has 0 saturated carbocycles. The molecule has 0 bridgehead atoms. The number of carbonyl (C=O) groups is 1. The van der Waals surface area contributed by atoms with E-state index in [0.717, 1.165) is 12.5 Å². The summed E-state index contributed by atoms with van der Waals surface area (Å²) in [6.07, 6.45) is -3.35. The van der Waals surface area contributed by atoms with Crippen LogP contribution in [0.4, 0.5) is 18.9 Å². The lowest BCUT2D eigenvalue weighted by atomic mass is 9.73. The number of hydrogen-bond acceptors (Lipinski definition) is 4. The van der Waals surface area contributed by atoms with Crippen LogP contribution in [0.25, 0.3) is 0 Å². The molecule has 2 aliphatic heterocycles. The predicted molar refractivity (Wildman–Crippen MR) is 111 cm³/mol. The fourth-order valence-electron chi connectivity index (χ4n) is 4.79. The number of alkyl halides is 3. The Hall–Kier alpha value is -2.27. The maximum Gasteiger partial charge on any atom is 0.417 e. The number of halogens is 3. The van der Waals surface area contributed by atoms with Crippen LogP contribution in [0.15, 0.2) is 18.2 Å². The Morgan fingerprint density at radius 1 is 1.35 bits per heavy atom. The van der Waals surface area contributed by atoms with E-state index < -0.39 is 11.7 Å². The monoisotopic (exact) mass is 437 g/mol. The lowest BCUT2D eigenvalue weighted by Crippen LogP contribution is -2.49. The van der Waals surface area contributed by atoms with E-state index in [-0.39, 0.29) is 28.7 Å². The van der Waals surface area contributed by atoms with Crippen molar-refractivity contribution in [2.75, 3.05) is 44.3 Å². The minimum absolute atomic E-state index is 0.119. The van der Waals surface area contributed by atoms with Crippen LogP contribution in [0, 0.1) is 28.6 Å². The minimum Gasteiger partial charge on any atom is -0.381 e. The molecule has 0 aliphatic carbocycles. The summed E-state index contributed by atoms with van der Waals surface area (Å²) in [7, 11) is 0. The molecule has 8 heteroatoms. The topological polar surface area (TPSA) is 56.6 Å². The number of fused-ring (bicyclic) bond motifs is 1. The molecular weight excluding hydrogens is 407 g/mol. The average molecular weight is 438 g/mol. The predicted octanol–water partition coefficient (Wildman–Crippen LogP) is 4.31. The molecule has 3 rings (SSSR count). The van der Waals surface area contributed by atoms with Crippen LogP contribution in [0.3, 0.4) is 0 Å². The first-order chi connectivity index (χ1) is 14.6. The fraction of sp³-hybridized carbons (Fsp3) is 0.652. The van der Waals surface area contributed by atoms with E-state index in [4.69, 9.17) is 10.00 Å². The zero-order valence-electron chi connectivity index (χ0n) is 18.3. The third kappa shape index (κ3) is 4.98. The number of ether oxygens (including phenoxy) is 1. The van der Waals surface area contributed by atoms with Crippen molar-refractivity contribution in [1.29, 1.82) is 5.26 Å². The van der Waals surface area contributed by atoms with E-state index in [9.17, 15) is 18.0 Å². The van der Waals surface area contributed by atoms with Gasteiger partial charge in [0.1, 0.15) is 0 Å². The fourth-order valence-corrected chi connectivity index (χ4v) is 4.79. The third-order valence-corrected chi connectivity index (χ3v) is 6.46. The van der Waals surface area contributed by atoms with Gasteiger partial charge in [-0.3, -0.25) is 4.79 Å². The first kappa shape index (κ1) is 23.4. The number of amides is 1. The molecule has 0 radical (unpaired) electrons. The molecule has 2 heterocycles. The lowest BCUT2D eigenvalue weighted by molar-refractivity contribution is -0.137. The highest BCUT2D eigenvalue weighted by atomic mass is 19.4. The Morgan fingerprint density at radius 3 is 2.71 bits per heavy atom. The number of hydrogen-bond donors (Lipinski definition) is 0. The Labute approximate surface area is 181 Å². The molecule has 2 atom stereocenters. The van der Waals surface area contributed by atoms with Gasteiger partial charge in [-0.1, -0.05) is 13.8 Å². The third-order valence-electron chi connectivity index (χ3n) is 6.46. The van der Waals surface area contributed by atoms with Crippen LogP contribution in [-0.2, 0) is 15.7 Å². The van der Waals surface area contributed by atoms with Gasteiger partial charge in [0.15, 0.2) is 0 Å². The summed E-state index contributed by atoms with van der Waals surface area (Å²) in [5, 5.41) is 9.05. The summed E-state index contributed by atoms with van der Waals surface area (Å²) in [6.45, 7) is 9.48. The second-order valence-corrected chi connectivity index (χ2v) is 9.10. The molecule has 2 saturated heterocycles. The van der Waals surface area contributed by atoms with E-state index in [1.807, 2.05) is 30.6 Å². The van der Waals surface area contributed by atoms with Crippen molar-refractivity contribution in [2.45, 2.75) is 39.8 Å². The molecule has 1 aromatic carbocycles. The highest BCUT2D eigenvalue weighted by Crippen LogP contribution is 2.45. The van der Waals surface area contributed by atoms with Gasteiger partial charge in [-0.2, -0.15) is 18.4 Å². The molecular formula is C23H30F3N3O2. The van der Waals surface area contributed by atoms with Crippen LogP contribution in [0.5, 0.6) is 0 Å². The van der Waals surface area contributed by atoms with Gasteiger partial charge < -0.3 is 14.5 Å². The SMILES string of the molecule is CCOC[C@@]12CCN(c3ccc(C#N)c(C(F)(F)F)c3)C[C@@H]1CN(C(=O)CC(C)C)C2. The van der Waals surface area contributed by atoms with Gasteiger partial charge in [-0.25, -0.2) is 0 Å². The molecule has 0 aromatic heterocycles. The number of benzene rings is 1. The standard InChI is InChI=1S/C23H30F3N3O2/c1-4-31-15-22-7-8-28(12-18(22)13-29(14-22)21(30)9-16(2)3)19-6-5-17(11-27)20(10-19)23(24,25)26/h5-6,10,16,18H,4,7-9,12-15H2,1-3H3/t18-,22+/m1/s1. The molecule has 31 heavy (non-hydrogen) atoms. The Kier molecular flexibility index (Phi) is 6.85. The molecule has 170 valence electrons. The second-order valence-electron chi connectivity index (χ2n) is 9.10. The number of anilines is 1. The highest BCUT2D eigenvalue weighted by molar-refractivity contribution is 5.77. The van der Waals surface area contributed by atoms with Crippen molar-refractivity contribution in [3.05, 3.63) is 29.3 Å². The zero-order chi connectivity index (χ0) is 22.8. The van der Waals surface area contributed by atoms with Gasteiger partial charge in [-0.15, -0.1) is 0 Å². The smallest absolute Gasteiger partial charge is 0.381 e. The quantitative estimate of drug-likeness (QED) is 0.665. The first-order valence-corrected chi connectivity index (χ1v) is 10.8. The Balaban J connectivity index is 1.83. The lowest BCUT2D eigenvalue weighted by Gasteiger charge is -2.44. The van der Waals surface area contributed by atoms with E-state index in [1.54, 1.807) is 12.1 Å². The zero-order valence-corrected chi connectivity index (χ0v) is 18.3. The molecule has 5 nitrogen and oxygen atoms in total. The van der Waals surface area contributed by atoms with Gasteiger partial charge in [0, 0.05) is 56.2 Å². The largest absolute Gasteiger partial charge is 0.417 e. The maximum absolute atomic E-state index is 13.4. The number of likely N-dealkylation sites (tertiary alicyclic amines) is 1. The number of piperidine rings is 1. The summed E-state index contributed by atoms with van der Waals surface area (Å²) >= 11 is 0. The van der Waals surface area contributed by atoms with Crippen molar-refractivity contribution in [3.8, 4) is 6.07 Å². The van der Waals surface area contributed by atoms with Gasteiger partial charge in [-0.05, 0) is 37.5 Å². The van der Waals surface area contributed by atoms with E-state index >= 15 is 0 Å². The second kappa shape index (κ2) is 9.07. The van der Waals surface area contributed by atoms with Crippen LogP contribution in [0.1, 0.15) is 44.7 Å². The molecule has 2 fully saturated rings. The van der Waals surface area contributed by atoms with Gasteiger partial charge in [0.2, 0.25) is 5.91 Å². The normalized spacial score (nSPS) is 23.7. The molecule has 0 spiro atoms. The van der Waals surface area contributed by atoms with Crippen LogP contribution in [-0.4, -0.2) is 50.2 Å². The van der Waals surface area contributed by atoms with Crippen molar-refractivity contribution in [2.24, 2.45) is 17.3 Å². The highest BCUT2D eigenvalue weighted by Gasteiger charge is 2.50. The molecule has 0 unspecified atom stereocenters. The molecule has 2 aliphatic rings. The van der Waals surface area contributed by atoms with Gasteiger partial charge >= 0.3 is 6.18 Å². The molecule has 0 N–H and O–H groups in total. The molecule has 1 amide bonds. The first-order valence-electron chi connectivity index (χ1n) is 10.8. The average Bonchev–Trinajstić information content (AvgIpc) is 3.10. The van der Waals surface area contributed by atoms with Crippen molar-refractivity contribution < 1.29 is 22.7 Å². The summed E-state index contributed by atoms with van der Waals surface area (Å²) in [5.74, 6) is 0.521. The number of nitrogens with zero attached hydrogens (tertiary/aromatic N) is 3. The van der Waals surface area contributed by atoms with Crippen molar-refractivity contribution in [1.82, 2.24) is 4.90 Å².